The zero-order chi connectivity index (χ0) is 17.8. The molecule has 0 fully saturated rings. The van der Waals surface area contributed by atoms with Crippen LogP contribution in [0.2, 0.25) is 10.0 Å². The largest absolute Gasteiger partial charge is 0.383 e. The van der Waals surface area contributed by atoms with E-state index in [1.54, 1.807) is 42.5 Å². The van der Waals surface area contributed by atoms with Crippen LogP contribution in [0.1, 0.15) is 16.1 Å². The number of carbonyl (C=O) groups is 1. The maximum Gasteiger partial charge on any atom is 0.383 e. The van der Waals surface area contributed by atoms with Gasteiger partial charge in [0.05, 0.1) is 10.7 Å². The number of benzene rings is 2. The predicted octanol–water partition coefficient (Wildman–Crippen LogP) is 3.86. The number of aromatic amines is 1. The van der Waals surface area contributed by atoms with Gasteiger partial charge in [0.1, 0.15) is 5.69 Å². The maximum absolute atomic E-state index is 12.1. The van der Waals surface area contributed by atoms with E-state index in [0.29, 0.717) is 26.9 Å². The highest BCUT2D eigenvalue weighted by Gasteiger charge is 2.15. The highest BCUT2D eigenvalue weighted by molar-refractivity contribution is 6.36. The van der Waals surface area contributed by atoms with Gasteiger partial charge in [-0.15, -0.1) is 0 Å². The molecule has 2 aromatic carbocycles. The summed E-state index contributed by atoms with van der Waals surface area (Å²) >= 11 is 12.0. The summed E-state index contributed by atoms with van der Waals surface area (Å²) in [7, 11) is 0. The predicted molar refractivity (Wildman–Crippen MR) is 96.6 cm³/mol. The van der Waals surface area contributed by atoms with Gasteiger partial charge in [0.15, 0.2) is 5.84 Å². The second-order valence-electron chi connectivity index (χ2n) is 5.01. The number of aromatic nitrogens is 2. The normalized spacial score (nSPS) is 11.4. The van der Waals surface area contributed by atoms with Crippen LogP contribution in [0.3, 0.4) is 0 Å². The van der Waals surface area contributed by atoms with E-state index in [-0.39, 0.29) is 11.5 Å². The van der Waals surface area contributed by atoms with E-state index in [1.165, 1.54) is 6.07 Å². The van der Waals surface area contributed by atoms with Crippen LogP contribution in [0.25, 0.3) is 11.3 Å². The van der Waals surface area contributed by atoms with E-state index in [9.17, 15) is 4.79 Å². The molecule has 25 heavy (non-hydrogen) atoms. The number of H-pyrrole nitrogens is 1. The fraction of sp³-hybridized carbons (Fsp3) is 0. The summed E-state index contributed by atoms with van der Waals surface area (Å²) in [6.45, 7) is 0. The van der Waals surface area contributed by atoms with Crippen LogP contribution in [-0.4, -0.2) is 22.0 Å². The van der Waals surface area contributed by atoms with Crippen molar-refractivity contribution in [3.8, 4) is 11.3 Å². The van der Waals surface area contributed by atoms with Crippen molar-refractivity contribution in [3.05, 3.63) is 75.9 Å². The zero-order valence-electron chi connectivity index (χ0n) is 12.7. The first-order chi connectivity index (χ1) is 12.0. The van der Waals surface area contributed by atoms with Gasteiger partial charge < -0.3 is 10.6 Å². The maximum atomic E-state index is 12.1. The number of halogens is 2. The number of hydrogen-bond donors (Lipinski definition) is 2. The molecule has 0 saturated carbocycles. The summed E-state index contributed by atoms with van der Waals surface area (Å²) in [5.74, 6) is -0.628. The number of oxime groups is 1. The van der Waals surface area contributed by atoms with Crippen molar-refractivity contribution >= 4 is 35.0 Å². The first-order valence-electron chi connectivity index (χ1n) is 7.15. The van der Waals surface area contributed by atoms with Crippen molar-refractivity contribution < 1.29 is 9.63 Å². The number of hydrogen-bond acceptors (Lipinski definition) is 4. The molecule has 3 N–H and O–H groups in total. The Labute approximate surface area is 153 Å². The van der Waals surface area contributed by atoms with Crippen molar-refractivity contribution in [2.24, 2.45) is 10.9 Å². The summed E-state index contributed by atoms with van der Waals surface area (Å²) in [5, 5.41) is 11.2. The second-order valence-corrected chi connectivity index (χ2v) is 5.86. The highest BCUT2D eigenvalue weighted by atomic mass is 35.5. The van der Waals surface area contributed by atoms with Crippen LogP contribution < -0.4 is 5.73 Å². The van der Waals surface area contributed by atoms with Crippen molar-refractivity contribution in [1.82, 2.24) is 10.2 Å². The summed E-state index contributed by atoms with van der Waals surface area (Å²) in [6, 6.07) is 15.4. The van der Waals surface area contributed by atoms with Crippen molar-refractivity contribution in [2.45, 2.75) is 0 Å². The monoisotopic (exact) mass is 374 g/mol. The molecular weight excluding hydrogens is 363 g/mol. The van der Waals surface area contributed by atoms with Gasteiger partial charge in [-0.1, -0.05) is 58.7 Å². The van der Waals surface area contributed by atoms with Crippen LogP contribution in [0.5, 0.6) is 0 Å². The molecule has 1 heterocycles. The summed E-state index contributed by atoms with van der Waals surface area (Å²) in [4.78, 5) is 16.9. The van der Waals surface area contributed by atoms with Gasteiger partial charge in [-0.25, -0.2) is 4.79 Å². The van der Waals surface area contributed by atoms with Crippen LogP contribution in [0.15, 0.2) is 59.8 Å². The lowest BCUT2D eigenvalue weighted by Crippen LogP contribution is -2.15. The van der Waals surface area contributed by atoms with Gasteiger partial charge in [-0.05, 0) is 24.3 Å². The zero-order valence-corrected chi connectivity index (χ0v) is 14.3. The standard InChI is InChI=1S/C17H12Cl2N4O2/c18-11-6-7-12(13(19)8-11)14-9-15(22-21-14)17(24)25-23-16(20)10-4-2-1-3-5-10/h1-9H,(H2,20,23)(H,21,22). The molecule has 0 radical (unpaired) electrons. The molecule has 0 amide bonds. The van der Waals surface area contributed by atoms with Crippen LogP contribution >= 0.6 is 23.2 Å². The number of nitrogens with zero attached hydrogens (tertiary/aromatic N) is 2. The van der Waals surface area contributed by atoms with Gasteiger partial charge >= 0.3 is 5.97 Å². The number of amidine groups is 1. The van der Waals surface area contributed by atoms with E-state index >= 15 is 0 Å². The van der Waals surface area contributed by atoms with E-state index in [2.05, 4.69) is 15.4 Å². The third-order valence-electron chi connectivity index (χ3n) is 3.30. The smallest absolute Gasteiger partial charge is 0.380 e. The molecule has 0 aliphatic carbocycles. The number of nitrogens with one attached hydrogen (secondary N) is 1. The number of rotatable bonds is 4. The van der Waals surface area contributed by atoms with Crippen molar-refractivity contribution in [2.75, 3.05) is 0 Å². The average molecular weight is 375 g/mol. The SMILES string of the molecule is N/C(=N\OC(=O)c1cc(-c2ccc(Cl)cc2Cl)n[nH]1)c1ccccc1. The Kier molecular flexibility index (Phi) is 5.02. The Hall–Kier alpha value is -2.83. The van der Waals surface area contributed by atoms with Gasteiger partial charge in [0, 0.05) is 16.1 Å². The summed E-state index contributed by atoms with van der Waals surface area (Å²) in [6.07, 6.45) is 0. The number of nitrogens with two attached hydrogens (primary N) is 1. The Morgan fingerprint density at radius 3 is 2.60 bits per heavy atom. The minimum Gasteiger partial charge on any atom is -0.380 e. The molecule has 126 valence electrons. The second kappa shape index (κ2) is 7.38. The lowest BCUT2D eigenvalue weighted by molar-refractivity contribution is 0.0509. The van der Waals surface area contributed by atoms with E-state index in [0.717, 1.165) is 0 Å². The molecule has 1 aromatic heterocycles. The first-order valence-corrected chi connectivity index (χ1v) is 7.91. The van der Waals surface area contributed by atoms with E-state index in [4.69, 9.17) is 33.8 Å². The van der Waals surface area contributed by atoms with Gasteiger partial charge in [0.25, 0.3) is 0 Å². The molecule has 0 bridgehead atoms. The van der Waals surface area contributed by atoms with Crippen molar-refractivity contribution in [3.63, 3.8) is 0 Å². The molecule has 0 saturated heterocycles. The molecule has 0 unspecified atom stereocenters. The van der Waals surface area contributed by atoms with Gasteiger partial charge in [-0.2, -0.15) is 5.10 Å². The van der Waals surface area contributed by atoms with Gasteiger partial charge in [0.2, 0.25) is 0 Å². The Bertz CT molecular complexity index is 939. The third-order valence-corrected chi connectivity index (χ3v) is 3.85. The molecule has 0 atom stereocenters. The van der Waals surface area contributed by atoms with Gasteiger partial charge in [-0.3, -0.25) is 5.10 Å². The highest BCUT2D eigenvalue weighted by Crippen LogP contribution is 2.29. The lowest BCUT2D eigenvalue weighted by atomic mass is 10.1. The van der Waals surface area contributed by atoms with Crippen LogP contribution in [-0.2, 0) is 4.84 Å². The van der Waals surface area contributed by atoms with Crippen molar-refractivity contribution in [1.29, 1.82) is 0 Å². The molecule has 3 aromatic rings. The quantitative estimate of drug-likeness (QED) is 0.313. The minimum atomic E-state index is -0.720. The fourth-order valence-electron chi connectivity index (χ4n) is 2.06. The molecule has 8 heteroatoms. The fourth-order valence-corrected chi connectivity index (χ4v) is 2.57. The minimum absolute atomic E-state index is 0.0921. The van der Waals surface area contributed by atoms with E-state index < -0.39 is 5.97 Å². The molecule has 6 nitrogen and oxygen atoms in total. The number of carbonyl (C=O) groups excluding carboxylic acids is 1. The van der Waals surface area contributed by atoms with Crippen LogP contribution in [0.4, 0.5) is 0 Å². The Morgan fingerprint density at radius 2 is 1.88 bits per heavy atom. The van der Waals surface area contributed by atoms with Crippen LogP contribution in [0, 0.1) is 0 Å². The third kappa shape index (κ3) is 3.99. The summed E-state index contributed by atoms with van der Waals surface area (Å²) in [5.41, 5.74) is 7.65. The molecule has 0 aliphatic rings. The lowest BCUT2D eigenvalue weighted by Gasteiger charge is -2.00. The molecular formula is C17H12Cl2N4O2. The van der Waals surface area contributed by atoms with E-state index in [1.807, 2.05) is 6.07 Å². The topological polar surface area (TPSA) is 93.4 Å². The molecule has 0 aliphatic heterocycles. The Morgan fingerprint density at radius 1 is 1.12 bits per heavy atom. The molecule has 0 spiro atoms. The molecule has 3 rings (SSSR count). The summed E-state index contributed by atoms with van der Waals surface area (Å²) < 4.78 is 0. The Balaban J connectivity index is 1.75. The average Bonchev–Trinajstić information content (AvgIpc) is 3.10. The first kappa shape index (κ1) is 17.0.